The number of aromatic hydroxyl groups is 1. The number of piperidine rings is 3. The maximum Gasteiger partial charge on any atom is 0.320 e. The molecule has 0 radical (unpaired) electrons. The molecule has 5 heterocycles. The van der Waals surface area contributed by atoms with Gasteiger partial charge in [0.15, 0.2) is 0 Å². The van der Waals surface area contributed by atoms with Crippen molar-refractivity contribution in [1.29, 1.82) is 0 Å². The zero-order valence-corrected chi connectivity index (χ0v) is 29.1. The van der Waals surface area contributed by atoms with E-state index in [-0.39, 0.29) is 54.8 Å². The van der Waals surface area contributed by atoms with Gasteiger partial charge in [-0.1, -0.05) is 36.4 Å². The highest BCUT2D eigenvalue weighted by molar-refractivity contribution is 5.99. The summed E-state index contributed by atoms with van der Waals surface area (Å²) in [6.45, 7) is 4.74. The number of amides is 2. The van der Waals surface area contributed by atoms with Gasteiger partial charge in [-0.25, -0.2) is 0 Å². The second-order valence-electron chi connectivity index (χ2n) is 14.2. The van der Waals surface area contributed by atoms with E-state index in [4.69, 9.17) is 4.74 Å². The van der Waals surface area contributed by atoms with Gasteiger partial charge in [-0.3, -0.25) is 24.1 Å². The first kappa shape index (κ1) is 35.4. The Morgan fingerprint density at radius 2 is 1.62 bits per heavy atom. The average molecular weight is 708 g/mol. The lowest BCUT2D eigenvalue weighted by Gasteiger charge is -2.50. The number of nitrogens with one attached hydrogen (secondary N) is 3. The Labute approximate surface area is 301 Å². The molecule has 4 saturated heterocycles. The SMILES string of the molecule is O=C(NCCCCNC[C@H](O)c1ccc(O)c2[nH]c(=O)ccc12)c1ccc(C(=O)N2CC(C(=O)O[C@H]3CN4CCC3CC4)(c3ccccc3)C2)cc1. The van der Waals surface area contributed by atoms with E-state index >= 15 is 0 Å². The third kappa shape index (κ3) is 7.32. The fourth-order valence-electron chi connectivity index (χ4n) is 7.75. The molecule has 12 heteroatoms. The van der Waals surface area contributed by atoms with Crippen molar-refractivity contribution in [2.45, 2.75) is 43.3 Å². The van der Waals surface area contributed by atoms with Crippen molar-refractivity contribution in [3.05, 3.63) is 111 Å². The van der Waals surface area contributed by atoms with Gasteiger partial charge in [0.05, 0.1) is 11.6 Å². The molecule has 2 amide bonds. The number of aliphatic hydroxyl groups excluding tert-OH is 1. The van der Waals surface area contributed by atoms with Gasteiger partial charge in [0, 0.05) is 55.3 Å². The summed E-state index contributed by atoms with van der Waals surface area (Å²) in [5, 5.41) is 27.5. The topological polar surface area (TPSA) is 164 Å². The van der Waals surface area contributed by atoms with Crippen molar-refractivity contribution in [3.8, 4) is 5.75 Å². The van der Waals surface area contributed by atoms with Gasteiger partial charge in [0.2, 0.25) is 5.56 Å². The quantitative estimate of drug-likeness (QED) is 0.104. The largest absolute Gasteiger partial charge is 0.506 e. The normalized spacial score (nSPS) is 20.9. The van der Waals surface area contributed by atoms with Crippen LogP contribution in [0.4, 0.5) is 0 Å². The number of carbonyl (C=O) groups excluding carboxylic acids is 3. The highest BCUT2D eigenvalue weighted by Gasteiger charge is 2.54. The van der Waals surface area contributed by atoms with Crippen LogP contribution in [0.5, 0.6) is 5.75 Å². The molecule has 12 nitrogen and oxygen atoms in total. The van der Waals surface area contributed by atoms with Crippen molar-refractivity contribution in [2.24, 2.45) is 5.92 Å². The van der Waals surface area contributed by atoms with E-state index in [9.17, 15) is 29.4 Å². The molecule has 5 N–H and O–H groups in total. The molecule has 4 aromatic rings. The van der Waals surface area contributed by atoms with E-state index in [1.165, 1.54) is 12.1 Å². The van der Waals surface area contributed by atoms with E-state index in [1.807, 2.05) is 30.3 Å². The molecule has 0 spiro atoms. The maximum absolute atomic E-state index is 13.8. The molecule has 8 rings (SSSR count). The Morgan fingerprint density at radius 3 is 2.33 bits per heavy atom. The highest BCUT2D eigenvalue weighted by Crippen LogP contribution is 2.39. The second-order valence-corrected chi connectivity index (χ2v) is 14.2. The number of esters is 1. The number of likely N-dealkylation sites (tertiary alicyclic amines) is 1. The van der Waals surface area contributed by atoms with E-state index in [0.717, 1.165) is 50.9 Å². The van der Waals surface area contributed by atoms with Crippen LogP contribution in [0.2, 0.25) is 0 Å². The Balaban J connectivity index is 0.854. The number of aromatic nitrogens is 1. The molecular formula is C40H45N5O7. The third-order valence-corrected chi connectivity index (χ3v) is 10.8. The minimum Gasteiger partial charge on any atom is -0.506 e. The smallest absolute Gasteiger partial charge is 0.320 e. The van der Waals surface area contributed by atoms with Crippen molar-refractivity contribution >= 4 is 28.7 Å². The zero-order chi connectivity index (χ0) is 36.2. The van der Waals surface area contributed by atoms with Crippen LogP contribution in [0.1, 0.15) is 63.6 Å². The number of hydrogen-bond donors (Lipinski definition) is 5. The number of phenols is 1. The Kier molecular flexibility index (Phi) is 10.4. The molecule has 0 aliphatic carbocycles. The lowest BCUT2D eigenvalue weighted by molar-refractivity contribution is -0.171. The Morgan fingerprint density at radius 1 is 0.904 bits per heavy atom. The standard InChI is InChI=1S/C40H45N5O7/c46-32-14-12-30(31-13-15-35(48)43-36(31)32)33(47)22-41-18-4-5-19-42-37(49)27-8-10-28(11-9-27)38(50)45-24-40(25-45,29-6-2-1-3-7-29)39(51)52-34-23-44-20-16-26(34)17-21-44/h1-3,6-15,26,33-34,41,46-47H,4-5,16-25H2,(H,42,49)(H,43,48)/t33-,34-/m0/s1. The van der Waals surface area contributed by atoms with Crippen molar-refractivity contribution in [1.82, 2.24) is 25.4 Å². The molecule has 2 atom stereocenters. The van der Waals surface area contributed by atoms with Crippen LogP contribution in [0.25, 0.3) is 10.9 Å². The van der Waals surface area contributed by atoms with Crippen molar-refractivity contribution in [2.75, 3.05) is 52.4 Å². The van der Waals surface area contributed by atoms with Crippen molar-refractivity contribution in [3.63, 3.8) is 0 Å². The molecule has 3 aromatic carbocycles. The summed E-state index contributed by atoms with van der Waals surface area (Å²) in [6, 6.07) is 22.2. The summed E-state index contributed by atoms with van der Waals surface area (Å²) in [5.41, 5.74) is 1.41. The fourth-order valence-corrected chi connectivity index (χ4v) is 7.75. The summed E-state index contributed by atoms with van der Waals surface area (Å²) >= 11 is 0. The molecule has 4 aliphatic rings. The number of ether oxygens (including phenoxy) is 1. The molecule has 4 fully saturated rings. The first-order chi connectivity index (χ1) is 25.2. The Hall–Kier alpha value is -5.04. The third-order valence-electron chi connectivity index (χ3n) is 10.8. The van der Waals surface area contributed by atoms with Crippen LogP contribution >= 0.6 is 0 Å². The molecule has 0 saturated carbocycles. The number of H-pyrrole nitrogens is 1. The molecule has 4 aliphatic heterocycles. The lowest BCUT2D eigenvalue weighted by Crippen LogP contribution is -2.66. The fraction of sp³-hybridized carbons (Fsp3) is 0.400. The minimum absolute atomic E-state index is 0.0560. The van der Waals surface area contributed by atoms with Crippen LogP contribution in [-0.2, 0) is 14.9 Å². The van der Waals surface area contributed by atoms with Crippen LogP contribution in [-0.4, -0.2) is 101 Å². The predicted octanol–water partition coefficient (Wildman–Crippen LogP) is 3.10. The van der Waals surface area contributed by atoms with Gasteiger partial charge in [-0.05, 0) is 98.8 Å². The number of hydrogen-bond acceptors (Lipinski definition) is 9. The summed E-state index contributed by atoms with van der Waals surface area (Å²) in [4.78, 5) is 58.3. The average Bonchev–Trinajstić information content (AvgIpc) is 3.15. The van der Waals surface area contributed by atoms with Gasteiger partial charge in [-0.15, -0.1) is 0 Å². The number of rotatable bonds is 13. The molecule has 52 heavy (non-hydrogen) atoms. The monoisotopic (exact) mass is 707 g/mol. The molecule has 272 valence electrons. The summed E-state index contributed by atoms with van der Waals surface area (Å²) in [6.07, 6.45) is 2.63. The molecule has 2 bridgehead atoms. The number of carbonyl (C=O) groups is 3. The molecule has 0 unspecified atom stereocenters. The number of phenolic OH excluding ortho intramolecular Hbond substituents is 1. The lowest BCUT2D eigenvalue weighted by atomic mass is 9.73. The van der Waals surface area contributed by atoms with Gasteiger partial charge in [-0.2, -0.15) is 0 Å². The van der Waals surface area contributed by atoms with E-state index < -0.39 is 11.5 Å². The van der Waals surface area contributed by atoms with Crippen LogP contribution in [0.15, 0.2) is 83.7 Å². The molecule has 1 aromatic heterocycles. The minimum atomic E-state index is -0.900. The van der Waals surface area contributed by atoms with Gasteiger partial charge < -0.3 is 35.5 Å². The number of aromatic amines is 1. The van der Waals surface area contributed by atoms with E-state index in [0.29, 0.717) is 46.6 Å². The van der Waals surface area contributed by atoms with Crippen LogP contribution in [0.3, 0.4) is 0 Å². The maximum atomic E-state index is 13.8. The number of unbranched alkanes of at least 4 members (excludes halogenated alkanes) is 1. The van der Waals surface area contributed by atoms with Gasteiger partial charge >= 0.3 is 5.97 Å². The summed E-state index contributed by atoms with van der Waals surface area (Å²) in [5.74, 6) is -0.347. The van der Waals surface area contributed by atoms with E-state index in [2.05, 4.69) is 20.5 Å². The van der Waals surface area contributed by atoms with Crippen molar-refractivity contribution < 1.29 is 29.3 Å². The zero-order valence-electron chi connectivity index (χ0n) is 29.1. The summed E-state index contributed by atoms with van der Waals surface area (Å²) < 4.78 is 6.17. The first-order valence-electron chi connectivity index (χ1n) is 18.1. The second kappa shape index (κ2) is 15.3. The highest BCUT2D eigenvalue weighted by atomic mass is 16.5. The first-order valence-corrected chi connectivity index (χ1v) is 18.1. The number of nitrogens with zero attached hydrogens (tertiary/aromatic N) is 2. The van der Waals surface area contributed by atoms with Crippen LogP contribution < -0.4 is 16.2 Å². The van der Waals surface area contributed by atoms with Gasteiger partial charge in [0.1, 0.15) is 17.3 Å². The van der Waals surface area contributed by atoms with E-state index in [1.54, 1.807) is 41.3 Å². The Bertz CT molecular complexity index is 1970. The number of pyridine rings is 1. The number of aliphatic hydroxyl groups is 1. The molecular weight excluding hydrogens is 662 g/mol. The van der Waals surface area contributed by atoms with Crippen LogP contribution in [0, 0.1) is 5.92 Å². The number of benzene rings is 3. The summed E-state index contributed by atoms with van der Waals surface area (Å²) in [7, 11) is 0. The predicted molar refractivity (Wildman–Crippen MR) is 195 cm³/mol. The van der Waals surface area contributed by atoms with Gasteiger partial charge in [0.25, 0.3) is 11.8 Å². The number of fused-ring (bicyclic) bond motifs is 4.